The van der Waals surface area contributed by atoms with Gasteiger partial charge in [0.25, 0.3) is 0 Å². The molecule has 15 nitrogen and oxygen atoms in total. The van der Waals surface area contributed by atoms with Crippen molar-refractivity contribution in [1.82, 2.24) is 29.6 Å². The van der Waals surface area contributed by atoms with Crippen molar-refractivity contribution in [2.45, 2.75) is 181 Å². The molecule has 0 unspecified atom stereocenters. The third-order valence-electron chi connectivity index (χ3n) is 14.7. The number of nitrogens with zero attached hydrogens (tertiary/aromatic N) is 6. The first-order valence-electron chi connectivity index (χ1n) is 26.4. The molecule has 9 rings (SSSR count). The number of allylic oxidation sites excluding steroid dienone is 2. The molecule has 1 saturated heterocycles. The van der Waals surface area contributed by atoms with Gasteiger partial charge in [0.05, 0.1) is 47.3 Å². The molecule has 22 heteroatoms. The highest BCUT2D eigenvalue weighted by Crippen LogP contribution is 2.44. The van der Waals surface area contributed by atoms with Gasteiger partial charge in [0.1, 0.15) is 11.2 Å². The van der Waals surface area contributed by atoms with Gasteiger partial charge in [0, 0.05) is 42.6 Å². The first kappa shape index (κ1) is 62.9. The van der Waals surface area contributed by atoms with Crippen LogP contribution in [-0.2, 0) is 33.1 Å². The summed E-state index contributed by atoms with van der Waals surface area (Å²) in [5, 5.41) is 2.52. The maximum atomic E-state index is 12.9. The molecule has 5 aliphatic rings. The van der Waals surface area contributed by atoms with Gasteiger partial charge in [-0.1, -0.05) is 39.5 Å². The van der Waals surface area contributed by atoms with Crippen LogP contribution < -0.4 is 5.46 Å². The van der Waals surface area contributed by atoms with Crippen LogP contribution in [0.5, 0.6) is 0 Å². The summed E-state index contributed by atoms with van der Waals surface area (Å²) in [7, 11) is 2.47. The van der Waals surface area contributed by atoms with Crippen LogP contribution in [-0.4, -0.2) is 139 Å². The number of hydrogen-bond donors (Lipinski definition) is 0. The molecule has 432 valence electrons. The van der Waals surface area contributed by atoms with E-state index in [0.717, 1.165) is 45.2 Å². The third kappa shape index (κ3) is 15.0. The van der Waals surface area contributed by atoms with E-state index in [-0.39, 0.29) is 50.7 Å². The van der Waals surface area contributed by atoms with Crippen LogP contribution in [0.2, 0.25) is 0 Å². The number of halogens is 3. The quantitative estimate of drug-likeness (QED) is 0.0935. The van der Waals surface area contributed by atoms with Crippen molar-refractivity contribution in [2.75, 3.05) is 41.3 Å². The average Bonchev–Trinajstić information content (AvgIpc) is 3.93. The van der Waals surface area contributed by atoms with Crippen molar-refractivity contribution in [1.29, 1.82) is 0 Å². The zero-order chi connectivity index (χ0) is 57.0. The SMILES string of the molecule is C.CN(C)C1CC(c2nc3cc(B4OC(C)(C)C(C)(C)O4)ccc3s2)C1.C[C@H]1CC=C(OS(=O)(=O)C(F)(F)F)N(C(=O)OC(C)(C)C)C1.C[C@H]1CC=C(c2ccc3sc(C4CC(N(C)C)C4)nc3c2)N(C(=O)OC(C)(C)C)C1. The molecule has 3 fully saturated rings. The first-order valence-corrected chi connectivity index (χ1v) is 29.5. The molecule has 0 spiro atoms. The lowest BCUT2D eigenvalue weighted by Gasteiger charge is -2.38. The molecule has 5 heterocycles. The fraction of sp³-hybridized carbons (Fsp3) is 0.643. The highest BCUT2D eigenvalue weighted by atomic mass is 32.2. The molecule has 2 aliphatic carbocycles. The Morgan fingerprint density at radius 3 is 1.60 bits per heavy atom. The molecule has 2 aromatic heterocycles. The van der Waals surface area contributed by atoms with Gasteiger partial charge in [-0.2, -0.15) is 21.6 Å². The number of ether oxygens (including phenoxy) is 2. The number of aromatic nitrogens is 2. The van der Waals surface area contributed by atoms with E-state index in [1.54, 1.807) is 32.6 Å². The van der Waals surface area contributed by atoms with E-state index in [2.05, 4.69) is 119 Å². The van der Waals surface area contributed by atoms with Crippen LogP contribution in [0.25, 0.3) is 26.1 Å². The maximum absolute atomic E-state index is 12.9. The number of fused-ring (bicyclic) bond motifs is 2. The Morgan fingerprint density at radius 1 is 0.705 bits per heavy atom. The first-order chi connectivity index (χ1) is 35.5. The van der Waals surface area contributed by atoms with Crippen LogP contribution in [0, 0.1) is 11.8 Å². The van der Waals surface area contributed by atoms with Crippen molar-refractivity contribution in [3.05, 3.63) is 70.0 Å². The van der Waals surface area contributed by atoms with Gasteiger partial charge < -0.3 is 32.8 Å². The van der Waals surface area contributed by atoms with E-state index in [4.69, 9.17) is 28.8 Å². The predicted octanol–water partition coefficient (Wildman–Crippen LogP) is 12.7. The fourth-order valence-corrected chi connectivity index (χ4v) is 11.9. The number of carbonyl (C=O) groups is 2. The van der Waals surface area contributed by atoms with Gasteiger partial charge in [-0.25, -0.2) is 24.5 Å². The van der Waals surface area contributed by atoms with Crippen molar-refractivity contribution in [3.63, 3.8) is 0 Å². The monoisotopic (exact) mass is 1150 g/mol. The summed E-state index contributed by atoms with van der Waals surface area (Å²) in [6, 6.07) is 14.2. The lowest BCUT2D eigenvalue weighted by atomic mass is 9.79. The predicted molar refractivity (Wildman–Crippen MR) is 306 cm³/mol. The summed E-state index contributed by atoms with van der Waals surface area (Å²) in [6.07, 6.45) is 8.11. The van der Waals surface area contributed by atoms with Crippen LogP contribution in [0.4, 0.5) is 22.8 Å². The molecule has 2 amide bonds. The molecule has 0 bridgehead atoms. The number of hydrogen-bond acceptors (Lipinski definition) is 15. The summed E-state index contributed by atoms with van der Waals surface area (Å²) in [4.78, 5) is 42.0. The Balaban J connectivity index is 0.000000191. The average molecular weight is 1150 g/mol. The Hall–Kier alpha value is -4.32. The zero-order valence-corrected chi connectivity index (χ0v) is 50.0. The minimum Gasteiger partial charge on any atom is -0.443 e. The summed E-state index contributed by atoms with van der Waals surface area (Å²) < 4.78 is 89.0. The Morgan fingerprint density at radius 2 is 1.14 bits per heavy atom. The van der Waals surface area contributed by atoms with E-state index in [9.17, 15) is 31.2 Å². The fourth-order valence-electron chi connectivity index (χ4n) is 9.24. The normalized spacial score (nSPS) is 24.2. The van der Waals surface area contributed by atoms with Crippen LogP contribution in [0.1, 0.15) is 156 Å². The van der Waals surface area contributed by atoms with Gasteiger partial charge in [0.15, 0.2) is 0 Å². The molecule has 2 saturated carbocycles. The Kier molecular flexibility index (Phi) is 19.1. The number of thiazole rings is 2. The van der Waals surface area contributed by atoms with E-state index < -0.39 is 38.8 Å². The van der Waals surface area contributed by atoms with Crippen LogP contribution in [0.15, 0.2) is 54.4 Å². The van der Waals surface area contributed by atoms with Gasteiger partial charge in [0.2, 0.25) is 5.88 Å². The molecule has 4 aromatic rings. The lowest BCUT2D eigenvalue weighted by molar-refractivity contribution is -0.0546. The zero-order valence-electron chi connectivity index (χ0n) is 47.5. The highest BCUT2D eigenvalue weighted by molar-refractivity contribution is 7.87. The third-order valence-corrected chi connectivity index (χ3v) is 18.1. The molecular formula is C56H82BF3N6O9S3. The van der Waals surface area contributed by atoms with Gasteiger partial charge in [-0.3, -0.25) is 4.90 Å². The second kappa shape index (κ2) is 23.6. The van der Waals surface area contributed by atoms with Crippen molar-refractivity contribution in [2.24, 2.45) is 11.8 Å². The number of alkyl halides is 3. The molecule has 78 heavy (non-hydrogen) atoms. The Labute approximate surface area is 469 Å². The highest BCUT2D eigenvalue weighted by Gasteiger charge is 2.52. The number of benzene rings is 2. The van der Waals surface area contributed by atoms with Crippen molar-refractivity contribution in [3.8, 4) is 0 Å². The second-order valence-corrected chi connectivity index (χ2v) is 28.3. The van der Waals surface area contributed by atoms with Crippen LogP contribution >= 0.6 is 22.7 Å². The molecular weight excluding hydrogens is 1060 g/mol. The minimum atomic E-state index is -5.84. The van der Waals surface area contributed by atoms with E-state index >= 15 is 0 Å². The minimum absolute atomic E-state index is 0. The molecule has 0 N–H and O–H groups in total. The van der Waals surface area contributed by atoms with Crippen LogP contribution in [0.3, 0.4) is 0 Å². The molecule has 2 aromatic carbocycles. The summed E-state index contributed by atoms with van der Waals surface area (Å²) in [6.45, 7) is 23.4. The smallest absolute Gasteiger partial charge is 0.443 e. The van der Waals surface area contributed by atoms with E-state index in [1.165, 1.54) is 45.1 Å². The maximum Gasteiger partial charge on any atom is 0.534 e. The molecule has 0 radical (unpaired) electrons. The summed E-state index contributed by atoms with van der Waals surface area (Å²) in [5.74, 6) is 0.841. The largest absolute Gasteiger partial charge is 0.534 e. The van der Waals surface area contributed by atoms with Crippen molar-refractivity contribution >= 4 is 83.7 Å². The van der Waals surface area contributed by atoms with E-state index in [1.807, 2.05) is 43.4 Å². The topological polar surface area (TPSA) is 153 Å². The van der Waals surface area contributed by atoms with Gasteiger partial charge in [-0.05, 0) is 184 Å². The summed E-state index contributed by atoms with van der Waals surface area (Å²) >= 11 is 3.65. The van der Waals surface area contributed by atoms with E-state index in [0.29, 0.717) is 36.4 Å². The molecule has 2 atom stereocenters. The Bertz CT molecular complexity index is 2940. The standard InChI is InChI=1S/C24H33N3O2S.C19H27BN2O2S.C12H18F3NO5S.CH4/c1-15-7-9-20(27(14-15)23(28)29-24(2,3)4)16-8-10-21-19(13-16)25-22(30-21)17-11-18(12-17)26(5)6;1-18(2)19(3,4)24-20(23-18)13-7-8-16-15(11-13)21-17(25-16)12-9-14(10-12)22(5)6;1-8-5-6-9(21-22(18,19)12(13,14)15)16(7-8)10(17)20-11(2,3)4;/h8-10,13,15,17-18H,7,11-12,14H2,1-6H3;7-8,11-12,14H,9-10H2,1-6H3;6,8H,5,7H2,1-4H3;1H4/t15-,17?,18?;;8-;/m0.0./s1. The number of carbonyl (C=O) groups excluding carboxylic acids is 2. The molecule has 3 aliphatic heterocycles. The number of rotatable bonds is 8. The van der Waals surface area contributed by atoms with Crippen molar-refractivity contribution < 1.29 is 54.1 Å². The second-order valence-electron chi connectivity index (χ2n) is 24.7. The van der Waals surface area contributed by atoms with Gasteiger partial charge >= 0.3 is 34.9 Å². The summed E-state index contributed by atoms with van der Waals surface area (Å²) in [5.41, 5.74) is -2.45. The number of amides is 2. The lowest BCUT2D eigenvalue weighted by Crippen LogP contribution is -2.42. The van der Waals surface area contributed by atoms with Gasteiger partial charge in [-0.15, -0.1) is 22.7 Å².